The molecule has 8 nitrogen and oxygen atoms in total. The fourth-order valence-corrected chi connectivity index (χ4v) is 2.13. The second-order valence-corrected chi connectivity index (χ2v) is 7.18. The van der Waals surface area contributed by atoms with E-state index in [-0.39, 0.29) is 50.3 Å². The molecule has 1 atom stereocenters. The van der Waals surface area contributed by atoms with Gasteiger partial charge in [-0.1, -0.05) is 0 Å². The van der Waals surface area contributed by atoms with Crippen molar-refractivity contribution in [2.45, 2.75) is 25.9 Å². The Morgan fingerprint density at radius 2 is 1.42 bits per heavy atom. The van der Waals surface area contributed by atoms with E-state index in [1.807, 2.05) is 0 Å². The van der Waals surface area contributed by atoms with Crippen LogP contribution < -0.4 is 0 Å². The largest absolute Gasteiger partial charge is 0.379 e. The number of hydrogen-bond acceptors (Lipinski definition) is 6. The van der Waals surface area contributed by atoms with Gasteiger partial charge in [0.05, 0.1) is 24.2 Å². The SMILES string of the molecule is CC(COCCCS(=O)(=O)O)OCCCS(=O)(=O)O. The van der Waals surface area contributed by atoms with Crippen molar-refractivity contribution in [1.82, 2.24) is 0 Å². The third-order valence-corrected chi connectivity index (χ3v) is 3.60. The van der Waals surface area contributed by atoms with Gasteiger partial charge in [0.25, 0.3) is 20.2 Å². The van der Waals surface area contributed by atoms with Gasteiger partial charge in [0.15, 0.2) is 0 Å². The summed E-state index contributed by atoms with van der Waals surface area (Å²) < 4.78 is 68.9. The molecule has 0 aliphatic rings. The van der Waals surface area contributed by atoms with E-state index in [0.717, 1.165) is 0 Å². The molecule has 0 bridgehead atoms. The molecule has 116 valence electrons. The van der Waals surface area contributed by atoms with Crippen LogP contribution in [-0.4, -0.2) is 63.4 Å². The van der Waals surface area contributed by atoms with E-state index < -0.39 is 20.2 Å². The molecule has 0 amide bonds. The molecular weight excluding hydrogens is 300 g/mol. The molecule has 0 aromatic rings. The van der Waals surface area contributed by atoms with E-state index in [4.69, 9.17) is 18.6 Å². The molecule has 2 N–H and O–H groups in total. The molecule has 0 heterocycles. The van der Waals surface area contributed by atoms with E-state index in [9.17, 15) is 16.8 Å². The normalized spacial score (nSPS) is 14.5. The molecule has 0 aliphatic carbocycles. The summed E-state index contributed by atoms with van der Waals surface area (Å²) in [5.74, 6) is -0.703. The van der Waals surface area contributed by atoms with Crippen molar-refractivity contribution < 1.29 is 35.4 Å². The first kappa shape index (κ1) is 18.7. The zero-order valence-corrected chi connectivity index (χ0v) is 12.3. The molecule has 0 aromatic heterocycles. The first-order valence-corrected chi connectivity index (χ1v) is 8.91. The molecule has 10 heteroatoms. The second kappa shape index (κ2) is 8.82. The minimum absolute atomic E-state index is 0.176. The third-order valence-electron chi connectivity index (χ3n) is 1.99. The van der Waals surface area contributed by atoms with Crippen molar-refractivity contribution in [3.63, 3.8) is 0 Å². The van der Waals surface area contributed by atoms with Crippen molar-refractivity contribution in [2.24, 2.45) is 0 Å². The van der Waals surface area contributed by atoms with Crippen molar-refractivity contribution in [3.8, 4) is 0 Å². The number of rotatable bonds is 11. The summed E-state index contributed by atoms with van der Waals surface area (Å²) in [5.41, 5.74) is 0. The quantitative estimate of drug-likeness (QED) is 0.401. The molecule has 0 rings (SSSR count). The van der Waals surface area contributed by atoms with Crippen LogP contribution in [0.4, 0.5) is 0 Å². The lowest BCUT2D eigenvalue weighted by atomic mass is 10.4. The first-order valence-electron chi connectivity index (χ1n) is 5.70. The van der Waals surface area contributed by atoms with Crippen molar-refractivity contribution in [2.75, 3.05) is 31.3 Å². The van der Waals surface area contributed by atoms with Gasteiger partial charge in [-0.25, -0.2) is 0 Å². The van der Waals surface area contributed by atoms with Crippen LogP contribution in [0.3, 0.4) is 0 Å². The lowest BCUT2D eigenvalue weighted by Gasteiger charge is -2.13. The zero-order chi connectivity index (χ0) is 14.9. The van der Waals surface area contributed by atoms with Crippen LogP contribution in [0.25, 0.3) is 0 Å². The Bertz CT molecular complexity index is 427. The lowest BCUT2D eigenvalue weighted by Crippen LogP contribution is -2.19. The average molecular weight is 320 g/mol. The highest BCUT2D eigenvalue weighted by atomic mass is 32.2. The lowest BCUT2D eigenvalue weighted by molar-refractivity contribution is -0.00594. The first-order chi connectivity index (χ1) is 8.60. The maximum absolute atomic E-state index is 10.4. The van der Waals surface area contributed by atoms with E-state index in [2.05, 4.69) is 0 Å². The summed E-state index contributed by atoms with van der Waals surface area (Å²) >= 11 is 0. The van der Waals surface area contributed by atoms with E-state index in [1.54, 1.807) is 6.92 Å². The van der Waals surface area contributed by atoms with Gasteiger partial charge in [-0.15, -0.1) is 0 Å². The van der Waals surface area contributed by atoms with Gasteiger partial charge >= 0.3 is 0 Å². The fraction of sp³-hybridized carbons (Fsp3) is 1.00. The molecule has 0 saturated carbocycles. The Hall–Kier alpha value is -0.260. The highest BCUT2D eigenvalue weighted by Crippen LogP contribution is 1.97. The van der Waals surface area contributed by atoms with Crippen molar-refractivity contribution in [3.05, 3.63) is 0 Å². The van der Waals surface area contributed by atoms with Crippen LogP contribution in [0.2, 0.25) is 0 Å². The molecule has 1 unspecified atom stereocenters. The predicted molar refractivity (Wildman–Crippen MR) is 68.3 cm³/mol. The van der Waals surface area contributed by atoms with Crippen LogP contribution in [0.1, 0.15) is 19.8 Å². The minimum Gasteiger partial charge on any atom is -0.379 e. The topological polar surface area (TPSA) is 127 Å². The fourth-order valence-electron chi connectivity index (χ4n) is 1.17. The monoisotopic (exact) mass is 320 g/mol. The highest BCUT2D eigenvalue weighted by Gasteiger charge is 2.07. The summed E-state index contributed by atoms with van der Waals surface area (Å²) in [4.78, 5) is 0. The van der Waals surface area contributed by atoms with Crippen LogP contribution in [0.5, 0.6) is 0 Å². The average Bonchev–Trinajstić information content (AvgIpc) is 2.21. The highest BCUT2D eigenvalue weighted by molar-refractivity contribution is 7.86. The molecule has 0 saturated heterocycles. The Morgan fingerprint density at radius 3 is 1.89 bits per heavy atom. The van der Waals surface area contributed by atoms with Gasteiger partial charge < -0.3 is 9.47 Å². The molecule has 0 fully saturated rings. The van der Waals surface area contributed by atoms with Crippen LogP contribution >= 0.6 is 0 Å². The summed E-state index contributed by atoms with van der Waals surface area (Å²) in [5, 5.41) is 0. The van der Waals surface area contributed by atoms with Crippen LogP contribution in [-0.2, 0) is 29.7 Å². The van der Waals surface area contributed by atoms with Crippen LogP contribution in [0, 0.1) is 0 Å². The molecule has 0 aliphatic heterocycles. The van der Waals surface area contributed by atoms with Crippen molar-refractivity contribution in [1.29, 1.82) is 0 Å². The van der Waals surface area contributed by atoms with Gasteiger partial charge in [-0.3, -0.25) is 9.11 Å². The smallest absolute Gasteiger partial charge is 0.264 e. The van der Waals surface area contributed by atoms with Gasteiger partial charge in [-0.05, 0) is 19.8 Å². The standard InChI is InChI=1S/C9H20O8S2/c1-9(17-5-3-7-19(13,14)15)8-16-4-2-6-18(10,11)12/h9H,2-8H2,1H3,(H,10,11,12)(H,13,14,15). The predicted octanol–water partition coefficient (Wildman–Crippen LogP) is -0.0361. The summed E-state index contributed by atoms with van der Waals surface area (Å²) in [6.45, 7) is 2.31. The Labute approximate surface area is 113 Å². The van der Waals surface area contributed by atoms with Crippen molar-refractivity contribution >= 4 is 20.2 Å². The summed E-state index contributed by atoms with van der Waals surface area (Å²) in [6.07, 6.45) is 0.104. The Morgan fingerprint density at radius 1 is 0.947 bits per heavy atom. The molecule has 0 aromatic carbocycles. The van der Waals surface area contributed by atoms with E-state index in [0.29, 0.717) is 0 Å². The number of hydrogen-bond donors (Lipinski definition) is 2. The van der Waals surface area contributed by atoms with E-state index >= 15 is 0 Å². The molecule has 0 radical (unpaired) electrons. The summed E-state index contributed by atoms with van der Waals surface area (Å²) in [6, 6.07) is 0. The molecular formula is C9H20O8S2. The Balaban J connectivity index is 3.47. The van der Waals surface area contributed by atoms with E-state index in [1.165, 1.54) is 0 Å². The van der Waals surface area contributed by atoms with Gasteiger partial charge in [0.1, 0.15) is 0 Å². The molecule has 0 spiro atoms. The van der Waals surface area contributed by atoms with Crippen LogP contribution in [0.15, 0.2) is 0 Å². The van der Waals surface area contributed by atoms with Gasteiger partial charge in [-0.2, -0.15) is 16.8 Å². The second-order valence-electron chi connectivity index (χ2n) is 4.04. The minimum atomic E-state index is -3.95. The third kappa shape index (κ3) is 15.7. The van der Waals surface area contributed by atoms with Gasteiger partial charge in [0, 0.05) is 13.2 Å². The molecule has 19 heavy (non-hydrogen) atoms. The van der Waals surface area contributed by atoms with Gasteiger partial charge in [0.2, 0.25) is 0 Å². The maximum Gasteiger partial charge on any atom is 0.264 e. The number of ether oxygens (including phenoxy) is 2. The zero-order valence-electron chi connectivity index (χ0n) is 10.7. The summed E-state index contributed by atoms with van der Waals surface area (Å²) in [7, 11) is -7.90. The maximum atomic E-state index is 10.4. The Kier molecular flexibility index (Phi) is 8.70.